The van der Waals surface area contributed by atoms with Crippen LogP contribution in [-0.4, -0.2) is 37.1 Å². The van der Waals surface area contributed by atoms with Gasteiger partial charge in [-0.1, -0.05) is 25.1 Å². The highest BCUT2D eigenvalue weighted by Gasteiger charge is 2.13. The van der Waals surface area contributed by atoms with Gasteiger partial charge in [0, 0.05) is 18.7 Å². The van der Waals surface area contributed by atoms with Crippen LogP contribution in [0.25, 0.3) is 11.5 Å². The van der Waals surface area contributed by atoms with Crippen molar-refractivity contribution in [1.29, 1.82) is 0 Å². The maximum absolute atomic E-state index is 11.5. The van der Waals surface area contributed by atoms with Gasteiger partial charge < -0.3 is 19.8 Å². The molecule has 1 unspecified atom stereocenters. The standard InChI is InChI=1S/C18H24N4O3.HI/c1-4-19-18(20-10-13(2)17(23)24-3)21-11-15-12-25-16(22-15)14-8-6-5-7-9-14;/h5-9,12-13H,4,10-11H2,1-3H3,(H2,19,20,21);1H. The Morgan fingerprint density at radius 2 is 2.04 bits per heavy atom. The highest BCUT2D eigenvalue weighted by molar-refractivity contribution is 14.0. The molecule has 26 heavy (non-hydrogen) atoms. The molecule has 0 fully saturated rings. The maximum atomic E-state index is 11.5. The second-order valence-corrected chi connectivity index (χ2v) is 5.51. The largest absolute Gasteiger partial charge is 0.469 e. The smallest absolute Gasteiger partial charge is 0.310 e. The van der Waals surface area contributed by atoms with Crippen LogP contribution >= 0.6 is 24.0 Å². The van der Waals surface area contributed by atoms with Gasteiger partial charge in [-0.2, -0.15) is 0 Å². The minimum absolute atomic E-state index is 0. The topological polar surface area (TPSA) is 88.8 Å². The highest BCUT2D eigenvalue weighted by atomic mass is 127. The van der Waals surface area contributed by atoms with Crippen molar-refractivity contribution in [3.8, 4) is 11.5 Å². The van der Waals surface area contributed by atoms with Crippen molar-refractivity contribution in [3.63, 3.8) is 0 Å². The van der Waals surface area contributed by atoms with Crippen molar-refractivity contribution in [2.24, 2.45) is 10.9 Å². The van der Waals surface area contributed by atoms with Crippen LogP contribution < -0.4 is 10.6 Å². The molecule has 142 valence electrons. The predicted octanol–water partition coefficient (Wildman–Crippen LogP) is 2.82. The Balaban J connectivity index is 0.00000338. The predicted molar refractivity (Wildman–Crippen MR) is 111 cm³/mol. The fourth-order valence-electron chi connectivity index (χ4n) is 2.13. The minimum atomic E-state index is -0.259. The average Bonchev–Trinajstić information content (AvgIpc) is 3.12. The van der Waals surface area contributed by atoms with Gasteiger partial charge in [0.05, 0.1) is 19.6 Å². The molecule has 8 heteroatoms. The van der Waals surface area contributed by atoms with Crippen LogP contribution in [0.3, 0.4) is 0 Å². The summed E-state index contributed by atoms with van der Waals surface area (Å²) in [6, 6.07) is 9.71. The molecule has 7 nitrogen and oxygen atoms in total. The first kappa shape index (κ1) is 21.9. The van der Waals surface area contributed by atoms with E-state index in [2.05, 4.69) is 20.6 Å². The lowest BCUT2D eigenvalue weighted by Gasteiger charge is -2.14. The van der Waals surface area contributed by atoms with Crippen molar-refractivity contribution in [2.75, 3.05) is 20.2 Å². The molecule has 1 aromatic carbocycles. The number of methoxy groups -OCH3 is 1. The molecule has 2 rings (SSSR count). The second-order valence-electron chi connectivity index (χ2n) is 5.51. The molecule has 1 atom stereocenters. The molecule has 0 aliphatic heterocycles. The number of rotatable bonds is 7. The van der Waals surface area contributed by atoms with Gasteiger partial charge in [0.15, 0.2) is 5.96 Å². The monoisotopic (exact) mass is 472 g/mol. The Morgan fingerprint density at radius 3 is 2.69 bits per heavy atom. The van der Waals surface area contributed by atoms with E-state index in [9.17, 15) is 4.79 Å². The normalized spacial score (nSPS) is 12.0. The van der Waals surface area contributed by atoms with Crippen LogP contribution in [0, 0.1) is 5.92 Å². The van der Waals surface area contributed by atoms with Gasteiger partial charge in [-0.25, -0.2) is 9.98 Å². The molecule has 2 N–H and O–H groups in total. The molecule has 1 aromatic heterocycles. The van der Waals surface area contributed by atoms with Gasteiger partial charge >= 0.3 is 5.97 Å². The quantitative estimate of drug-likeness (QED) is 0.279. The Labute approximate surface area is 170 Å². The van der Waals surface area contributed by atoms with Gasteiger partial charge in [0.1, 0.15) is 12.0 Å². The van der Waals surface area contributed by atoms with Gasteiger partial charge in [0.2, 0.25) is 5.89 Å². The fourth-order valence-corrected chi connectivity index (χ4v) is 2.13. The van der Waals surface area contributed by atoms with Gasteiger partial charge in [0.25, 0.3) is 0 Å². The highest BCUT2D eigenvalue weighted by Crippen LogP contribution is 2.18. The van der Waals surface area contributed by atoms with Crippen molar-refractivity contribution >= 4 is 35.9 Å². The summed E-state index contributed by atoms with van der Waals surface area (Å²) in [4.78, 5) is 20.4. The third-order valence-electron chi connectivity index (χ3n) is 3.50. The van der Waals surface area contributed by atoms with E-state index in [-0.39, 0.29) is 35.9 Å². The van der Waals surface area contributed by atoms with E-state index in [1.807, 2.05) is 37.3 Å². The number of nitrogens with zero attached hydrogens (tertiary/aromatic N) is 2. The molecule has 0 saturated carbocycles. The maximum Gasteiger partial charge on any atom is 0.310 e. The molecule has 0 radical (unpaired) electrons. The van der Waals surface area contributed by atoms with E-state index < -0.39 is 0 Å². The number of aromatic nitrogens is 1. The third-order valence-corrected chi connectivity index (χ3v) is 3.50. The number of carbonyl (C=O) groups excluding carboxylic acids is 1. The van der Waals surface area contributed by atoms with Crippen LogP contribution in [0.5, 0.6) is 0 Å². The number of benzene rings is 1. The van der Waals surface area contributed by atoms with E-state index in [1.165, 1.54) is 7.11 Å². The molecular weight excluding hydrogens is 447 g/mol. The zero-order valence-electron chi connectivity index (χ0n) is 15.2. The third kappa shape index (κ3) is 6.66. The number of hydrogen-bond acceptors (Lipinski definition) is 5. The molecule has 0 aliphatic carbocycles. The summed E-state index contributed by atoms with van der Waals surface area (Å²) in [6.45, 7) is 5.30. The van der Waals surface area contributed by atoms with Crippen molar-refractivity contribution in [2.45, 2.75) is 20.4 Å². The Morgan fingerprint density at radius 1 is 1.31 bits per heavy atom. The Hall–Kier alpha value is -2.10. The molecule has 0 aliphatic rings. The molecule has 0 saturated heterocycles. The molecular formula is C18H25IN4O3. The Bertz CT molecular complexity index is 703. The van der Waals surface area contributed by atoms with E-state index in [0.29, 0.717) is 31.5 Å². The summed E-state index contributed by atoms with van der Waals surface area (Å²) in [7, 11) is 1.38. The number of aliphatic imine (C=N–C) groups is 1. The molecule has 0 bridgehead atoms. The van der Waals surface area contributed by atoms with Gasteiger partial charge in [-0.05, 0) is 19.1 Å². The van der Waals surface area contributed by atoms with Gasteiger partial charge in [-0.3, -0.25) is 4.79 Å². The molecule has 2 aromatic rings. The second kappa shape index (κ2) is 11.5. The number of nitrogens with one attached hydrogen (secondary N) is 2. The van der Waals surface area contributed by atoms with Crippen LogP contribution in [0.2, 0.25) is 0 Å². The van der Waals surface area contributed by atoms with Gasteiger partial charge in [-0.15, -0.1) is 24.0 Å². The van der Waals surface area contributed by atoms with E-state index in [4.69, 9.17) is 9.15 Å². The molecule has 1 heterocycles. The first-order chi connectivity index (χ1) is 12.1. The van der Waals surface area contributed by atoms with Crippen molar-refractivity contribution in [1.82, 2.24) is 15.6 Å². The van der Waals surface area contributed by atoms with Crippen LogP contribution in [0.1, 0.15) is 19.5 Å². The zero-order chi connectivity index (χ0) is 18.1. The zero-order valence-corrected chi connectivity index (χ0v) is 17.5. The van der Waals surface area contributed by atoms with E-state index >= 15 is 0 Å². The molecule has 0 amide bonds. The first-order valence-electron chi connectivity index (χ1n) is 8.23. The average molecular weight is 472 g/mol. The number of esters is 1. The number of halogens is 1. The molecule has 0 spiro atoms. The lowest BCUT2D eigenvalue weighted by atomic mass is 10.2. The van der Waals surface area contributed by atoms with E-state index in [0.717, 1.165) is 11.3 Å². The van der Waals surface area contributed by atoms with Crippen molar-refractivity contribution < 1.29 is 13.9 Å². The summed E-state index contributed by atoms with van der Waals surface area (Å²) in [5, 5.41) is 6.26. The summed E-state index contributed by atoms with van der Waals surface area (Å²) in [5.74, 6) is 0.670. The SMILES string of the molecule is CCNC(=NCc1coc(-c2ccccc2)n1)NCC(C)C(=O)OC.I. The number of carbonyl (C=O) groups is 1. The minimum Gasteiger partial charge on any atom is -0.469 e. The summed E-state index contributed by atoms with van der Waals surface area (Å²) in [6.07, 6.45) is 1.60. The lowest BCUT2D eigenvalue weighted by molar-refractivity contribution is -0.144. The summed E-state index contributed by atoms with van der Waals surface area (Å²) in [5.41, 5.74) is 1.66. The Kier molecular flexibility index (Phi) is 9.71. The number of guanidine groups is 1. The lowest BCUT2D eigenvalue weighted by Crippen LogP contribution is -2.40. The van der Waals surface area contributed by atoms with Crippen LogP contribution in [0.4, 0.5) is 0 Å². The number of hydrogen-bond donors (Lipinski definition) is 2. The first-order valence-corrected chi connectivity index (χ1v) is 8.23. The number of oxazole rings is 1. The fraction of sp³-hybridized carbons (Fsp3) is 0.389. The van der Waals surface area contributed by atoms with Crippen molar-refractivity contribution in [3.05, 3.63) is 42.3 Å². The van der Waals surface area contributed by atoms with E-state index in [1.54, 1.807) is 13.2 Å². The van der Waals surface area contributed by atoms with Crippen LogP contribution in [0.15, 0.2) is 46.0 Å². The number of ether oxygens (including phenoxy) is 1. The summed E-state index contributed by atoms with van der Waals surface area (Å²) >= 11 is 0. The summed E-state index contributed by atoms with van der Waals surface area (Å²) < 4.78 is 10.2. The van der Waals surface area contributed by atoms with Crippen LogP contribution in [-0.2, 0) is 16.1 Å².